The Hall–Kier alpha value is -0.0600. The quantitative estimate of drug-likeness (QED) is 0.576. The fraction of sp³-hybridized carbons (Fsp3) is 0.857. The monoisotopic (exact) mass is 175 g/mol. The van der Waals surface area contributed by atoms with Gasteiger partial charge < -0.3 is 4.74 Å². The lowest BCUT2D eigenvalue weighted by molar-refractivity contribution is -0.137. The number of hydrogen-bond donors (Lipinski definition) is 1. The molecule has 1 rings (SSSR count). The summed E-state index contributed by atoms with van der Waals surface area (Å²) >= 11 is 4.19. The van der Waals surface area contributed by atoms with Gasteiger partial charge in [0.15, 0.2) is 10.7 Å². The first-order valence-electron chi connectivity index (χ1n) is 3.60. The van der Waals surface area contributed by atoms with Crippen LogP contribution in [0.4, 0.5) is 0 Å². The van der Waals surface area contributed by atoms with Gasteiger partial charge in [-0.15, -0.1) is 12.6 Å². The molecule has 0 N–H and O–H groups in total. The van der Waals surface area contributed by atoms with Gasteiger partial charge in [-0.3, -0.25) is 9.69 Å². The van der Waals surface area contributed by atoms with Crippen molar-refractivity contribution in [2.24, 2.45) is 0 Å². The number of likely N-dealkylation sites (N-methyl/N-ethyl adjacent to an activating group) is 1. The Kier molecular flexibility index (Phi) is 2.57. The number of carbonyl (C=O) groups is 1. The molecular formula is C7H13NO2S. The van der Waals surface area contributed by atoms with Gasteiger partial charge in [-0.1, -0.05) is 0 Å². The van der Waals surface area contributed by atoms with Crippen LogP contribution in [0.1, 0.15) is 6.92 Å². The second-order valence-electron chi connectivity index (χ2n) is 2.93. The molecule has 0 aromatic heterocycles. The Morgan fingerprint density at radius 3 is 2.73 bits per heavy atom. The van der Waals surface area contributed by atoms with Gasteiger partial charge in [-0.05, 0) is 14.0 Å². The fourth-order valence-corrected chi connectivity index (χ4v) is 1.41. The Morgan fingerprint density at radius 1 is 1.73 bits per heavy atom. The van der Waals surface area contributed by atoms with Gasteiger partial charge in [0.1, 0.15) is 0 Å². The SMILES string of the molecule is CC(=O)C1(S)CN(C)CCO1. The fourth-order valence-electron chi connectivity index (χ4n) is 1.07. The largest absolute Gasteiger partial charge is 0.354 e. The molecule has 0 bridgehead atoms. The summed E-state index contributed by atoms with van der Waals surface area (Å²) < 4.78 is 5.27. The molecule has 1 unspecified atom stereocenters. The van der Waals surface area contributed by atoms with Gasteiger partial charge in [0, 0.05) is 13.1 Å². The molecule has 1 heterocycles. The Morgan fingerprint density at radius 2 is 2.36 bits per heavy atom. The smallest absolute Gasteiger partial charge is 0.181 e. The maximum Gasteiger partial charge on any atom is 0.181 e. The predicted molar refractivity (Wildman–Crippen MR) is 45.8 cm³/mol. The van der Waals surface area contributed by atoms with Crippen LogP contribution in [0.3, 0.4) is 0 Å². The Balaban J connectivity index is 2.63. The van der Waals surface area contributed by atoms with Crippen molar-refractivity contribution in [2.75, 3.05) is 26.7 Å². The summed E-state index contributed by atoms with van der Waals surface area (Å²) in [5.74, 6) is -0.0209. The first-order valence-corrected chi connectivity index (χ1v) is 4.05. The molecule has 1 atom stereocenters. The van der Waals surface area contributed by atoms with E-state index in [9.17, 15) is 4.79 Å². The topological polar surface area (TPSA) is 29.5 Å². The van der Waals surface area contributed by atoms with Crippen LogP contribution in [0.15, 0.2) is 0 Å². The molecule has 0 aliphatic carbocycles. The molecule has 4 heteroatoms. The molecule has 1 fully saturated rings. The summed E-state index contributed by atoms with van der Waals surface area (Å²) in [7, 11) is 1.95. The summed E-state index contributed by atoms with van der Waals surface area (Å²) in [6, 6.07) is 0. The van der Waals surface area contributed by atoms with Crippen molar-refractivity contribution < 1.29 is 9.53 Å². The first kappa shape index (κ1) is 9.03. The molecule has 0 amide bonds. The summed E-state index contributed by atoms with van der Waals surface area (Å²) in [5, 5.41) is 0. The van der Waals surface area contributed by atoms with Crippen LogP contribution in [0.5, 0.6) is 0 Å². The molecule has 0 aromatic carbocycles. The van der Waals surface area contributed by atoms with Gasteiger partial charge in [0.25, 0.3) is 0 Å². The highest BCUT2D eigenvalue weighted by Crippen LogP contribution is 2.22. The average molecular weight is 175 g/mol. The number of thiol groups is 1. The van der Waals surface area contributed by atoms with Crippen molar-refractivity contribution in [3.05, 3.63) is 0 Å². The normalized spacial score (nSPS) is 33.7. The predicted octanol–water partition coefficient (Wildman–Crippen LogP) is 0.163. The minimum atomic E-state index is -0.868. The summed E-state index contributed by atoms with van der Waals surface area (Å²) in [6.07, 6.45) is 0. The van der Waals surface area contributed by atoms with E-state index in [1.165, 1.54) is 6.92 Å². The highest BCUT2D eigenvalue weighted by atomic mass is 32.1. The molecule has 0 saturated carbocycles. The number of ether oxygens (including phenoxy) is 1. The second kappa shape index (κ2) is 3.13. The van der Waals surface area contributed by atoms with Gasteiger partial charge in [0.2, 0.25) is 0 Å². The molecule has 3 nitrogen and oxygen atoms in total. The van der Waals surface area contributed by atoms with Crippen molar-refractivity contribution in [3.63, 3.8) is 0 Å². The standard InChI is InChI=1S/C7H13NO2S/c1-6(9)7(11)5-8(2)3-4-10-7/h11H,3-5H2,1-2H3. The number of carbonyl (C=O) groups excluding carboxylic acids is 1. The third kappa shape index (κ3) is 1.95. The summed E-state index contributed by atoms with van der Waals surface area (Å²) in [6.45, 7) is 3.53. The lowest BCUT2D eigenvalue weighted by Crippen LogP contribution is -2.50. The van der Waals surface area contributed by atoms with Crippen LogP contribution < -0.4 is 0 Å². The highest BCUT2D eigenvalue weighted by molar-refractivity contribution is 7.82. The van der Waals surface area contributed by atoms with Gasteiger partial charge in [0.05, 0.1) is 6.61 Å². The lowest BCUT2D eigenvalue weighted by atomic mass is 10.2. The molecule has 64 valence electrons. The second-order valence-corrected chi connectivity index (χ2v) is 3.65. The van der Waals surface area contributed by atoms with E-state index in [2.05, 4.69) is 12.6 Å². The zero-order valence-electron chi connectivity index (χ0n) is 6.83. The first-order chi connectivity index (χ1) is 5.04. The number of ketones is 1. The number of nitrogens with zero attached hydrogens (tertiary/aromatic N) is 1. The van der Waals surface area contributed by atoms with Gasteiger partial charge in [-0.25, -0.2) is 0 Å². The van der Waals surface area contributed by atoms with E-state index >= 15 is 0 Å². The van der Waals surface area contributed by atoms with E-state index in [4.69, 9.17) is 4.74 Å². The van der Waals surface area contributed by atoms with Crippen LogP contribution in [0, 0.1) is 0 Å². The van der Waals surface area contributed by atoms with E-state index < -0.39 is 4.93 Å². The third-order valence-corrected chi connectivity index (χ3v) is 2.43. The number of rotatable bonds is 1. The molecule has 1 saturated heterocycles. The summed E-state index contributed by atoms with van der Waals surface area (Å²) in [4.78, 5) is 12.2. The summed E-state index contributed by atoms with van der Waals surface area (Å²) in [5.41, 5.74) is 0. The van der Waals surface area contributed by atoms with Crippen LogP contribution in [0.25, 0.3) is 0 Å². The molecule has 11 heavy (non-hydrogen) atoms. The highest BCUT2D eigenvalue weighted by Gasteiger charge is 2.36. The number of hydrogen-bond acceptors (Lipinski definition) is 4. The Labute approximate surface area is 72.1 Å². The van der Waals surface area contributed by atoms with Gasteiger partial charge >= 0.3 is 0 Å². The number of Topliss-reactive ketones (excluding diaryl/α,β-unsaturated/α-hetero) is 1. The Bertz CT molecular complexity index is 174. The van der Waals surface area contributed by atoms with Crippen LogP contribution in [-0.2, 0) is 9.53 Å². The maximum atomic E-state index is 11.0. The minimum Gasteiger partial charge on any atom is -0.354 e. The average Bonchev–Trinajstić information content (AvgIpc) is 1.86. The van der Waals surface area contributed by atoms with E-state index in [1.54, 1.807) is 0 Å². The van der Waals surface area contributed by atoms with E-state index in [0.717, 1.165) is 6.54 Å². The molecule has 0 radical (unpaired) electrons. The van der Waals surface area contributed by atoms with Crippen molar-refractivity contribution in [1.29, 1.82) is 0 Å². The van der Waals surface area contributed by atoms with Crippen molar-refractivity contribution in [2.45, 2.75) is 11.9 Å². The zero-order valence-corrected chi connectivity index (χ0v) is 7.73. The van der Waals surface area contributed by atoms with Crippen molar-refractivity contribution in [1.82, 2.24) is 4.90 Å². The van der Waals surface area contributed by atoms with E-state index in [0.29, 0.717) is 13.2 Å². The zero-order chi connectivity index (χ0) is 8.48. The third-order valence-electron chi connectivity index (χ3n) is 1.85. The van der Waals surface area contributed by atoms with Gasteiger partial charge in [-0.2, -0.15) is 0 Å². The van der Waals surface area contributed by atoms with Crippen LogP contribution >= 0.6 is 12.6 Å². The van der Waals surface area contributed by atoms with E-state index in [1.807, 2.05) is 11.9 Å². The maximum absolute atomic E-state index is 11.0. The van der Waals surface area contributed by atoms with Crippen LogP contribution in [-0.4, -0.2) is 42.4 Å². The van der Waals surface area contributed by atoms with Crippen molar-refractivity contribution >= 4 is 18.4 Å². The number of morpholine rings is 1. The molecule has 1 aliphatic heterocycles. The molecule has 0 aromatic rings. The molecule has 0 spiro atoms. The minimum absolute atomic E-state index is 0.0209. The molecular weight excluding hydrogens is 162 g/mol. The van der Waals surface area contributed by atoms with Crippen molar-refractivity contribution in [3.8, 4) is 0 Å². The lowest BCUT2D eigenvalue weighted by Gasteiger charge is -2.35. The molecule has 1 aliphatic rings. The van der Waals surface area contributed by atoms with E-state index in [-0.39, 0.29) is 5.78 Å². The van der Waals surface area contributed by atoms with Crippen LogP contribution in [0.2, 0.25) is 0 Å².